The Bertz CT molecular complexity index is 800. The second-order valence-electron chi connectivity index (χ2n) is 5.73. The number of nitrogens with two attached hydrogens (primary N) is 1. The molecule has 2 aromatic heterocycles. The van der Waals surface area contributed by atoms with Gasteiger partial charge < -0.3 is 25.4 Å². The summed E-state index contributed by atoms with van der Waals surface area (Å²) < 4.78 is 12.3. The van der Waals surface area contributed by atoms with Gasteiger partial charge in [-0.25, -0.2) is 14.5 Å². The van der Waals surface area contributed by atoms with Crippen LogP contribution < -0.4 is 5.73 Å². The fourth-order valence-electron chi connectivity index (χ4n) is 2.93. The van der Waals surface area contributed by atoms with Gasteiger partial charge in [0.2, 0.25) is 5.60 Å². The smallest absolute Gasteiger partial charge is 0.229 e. The minimum Gasteiger partial charge on any atom is -0.387 e. The van der Waals surface area contributed by atoms with Crippen molar-refractivity contribution in [3.8, 4) is 6.07 Å². The molecule has 0 unspecified atom stereocenters. The molecule has 3 heterocycles. The minimum atomic E-state index is -1.92. The van der Waals surface area contributed by atoms with Crippen LogP contribution in [0.5, 0.6) is 0 Å². The Morgan fingerprint density at radius 1 is 1.54 bits per heavy atom. The van der Waals surface area contributed by atoms with E-state index in [1.165, 1.54) is 24.0 Å². The summed E-state index contributed by atoms with van der Waals surface area (Å²) in [5.41, 5.74) is 2.32. The molecule has 0 bridgehead atoms. The lowest BCUT2D eigenvalue weighted by atomic mass is 9.80. The van der Waals surface area contributed by atoms with E-state index in [0.717, 1.165) is 0 Å². The summed E-state index contributed by atoms with van der Waals surface area (Å²) in [5.74, 6) is 0.119. The SMILES string of the molecule is CCOC[C@H]1O[C@@](C#N)(c2cnc3c(N)ncnn23)[C@](C)(O)[C@@H]1O. The minimum absolute atomic E-state index is 0.0328. The number of rotatable bonds is 4. The fourth-order valence-corrected chi connectivity index (χ4v) is 2.93. The van der Waals surface area contributed by atoms with E-state index in [4.69, 9.17) is 15.2 Å². The van der Waals surface area contributed by atoms with E-state index in [1.807, 2.05) is 6.07 Å². The summed E-state index contributed by atoms with van der Waals surface area (Å²) >= 11 is 0. The van der Waals surface area contributed by atoms with Crippen LogP contribution >= 0.6 is 0 Å². The van der Waals surface area contributed by atoms with E-state index in [-0.39, 0.29) is 23.8 Å². The first-order chi connectivity index (χ1) is 11.4. The first-order valence-electron chi connectivity index (χ1n) is 7.41. The molecule has 4 atom stereocenters. The van der Waals surface area contributed by atoms with Gasteiger partial charge in [0.05, 0.1) is 12.8 Å². The summed E-state index contributed by atoms with van der Waals surface area (Å²) in [4.78, 5) is 7.92. The van der Waals surface area contributed by atoms with Crippen LogP contribution in [0.15, 0.2) is 12.5 Å². The van der Waals surface area contributed by atoms with Crippen molar-refractivity contribution in [1.82, 2.24) is 19.6 Å². The molecule has 1 aliphatic heterocycles. The first-order valence-corrected chi connectivity index (χ1v) is 7.41. The second kappa shape index (κ2) is 5.64. The molecular formula is C14H18N6O4. The van der Waals surface area contributed by atoms with E-state index >= 15 is 0 Å². The Kier molecular flexibility index (Phi) is 3.89. The first kappa shape index (κ1) is 16.5. The van der Waals surface area contributed by atoms with Crippen LogP contribution in [0.25, 0.3) is 5.65 Å². The molecule has 128 valence electrons. The maximum atomic E-state index is 10.9. The van der Waals surface area contributed by atoms with Crippen LogP contribution in [-0.2, 0) is 15.1 Å². The number of ether oxygens (including phenoxy) is 2. The number of nitriles is 1. The predicted octanol–water partition coefficient (Wildman–Crippen LogP) is -1.03. The molecule has 4 N–H and O–H groups in total. The van der Waals surface area contributed by atoms with Crippen molar-refractivity contribution in [3.63, 3.8) is 0 Å². The molecule has 1 aliphatic rings. The summed E-state index contributed by atoms with van der Waals surface area (Å²) in [6.45, 7) is 3.57. The fraction of sp³-hybridized carbons (Fsp3) is 0.571. The van der Waals surface area contributed by atoms with E-state index in [2.05, 4.69) is 15.1 Å². The van der Waals surface area contributed by atoms with E-state index in [9.17, 15) is 15.5 Å². The maximum Gasteiger partial charge on any atom is 0.229 e. The van der Waals surface area contributed by atoms with Gasteiger partial charge in [-0.15, -0.1) is 0 Å². The van der Waals surface area contributed by atoms with Crippen molar-refractivity contribution >= 4 is 11.5 Å². The number of hydrogen-bond acceptors (Lipinski definition) is 9. The zero-order valence-corrected chi connectivity index (χ0v) is 13.2. The quantitative estimate of drug-likeness (QED) is 0.637. The van der Waals surface area contributed by atoms with Gasteiger partial charge in [-0.3, -0.25) is 0 Å². The number of anilines is 1. The number of nitrogen functional groups attached to an aromatic ring is 1. The molecule has 1 saturated heterocycles. The van der Waals surface area contributed by atoms with Crippen LogP contribution in [0.1, 0.15) is 19.5 Å². The molecule has 2 aromatic rings. The standard InChI is InChI=1S/C14H18N6O4/c1-3-23-5-8-10(21)13(2,22)14(6-15,24-8)9-4-17-12-11(16)18-7-19-20(9)12/h4,7-8,10,21-22H,3,5H2,1-2H3,(H2,16,18,19)/t8-,10-,13-,14+/m1/s1. The number of aromatic nitrogens is 4. The number of fused-ring (bicyclic) bond motifs is 1. The average molecular weight is 334 g/mol. The molecule has 3 rings (SSSR count). The molecule has 0 saturated carbocycles. The second-order valence-corrected chi connectivity index (χ2v) is 5.73. The van der Waals surface area contributed by atoms with Gasteiger partial charge in [0.25, 0.3) is 0 Å². The Morgan fingerprint density at radius 3 is 2.96 bits per heavy atom. The van der Waals surface area contributed by atoms with Crippen LogP contribution in [0.3, 0.4) is 0 Å². The Balaban J connectivity index is 2.14. The van der Waals surface area contributed by atoms with Crippen LogP contribution in [0, 0.1) is 11.3 Å². The molecule has 10 heteroatoms. The van der Waals surface area contributed by atoms with Crippen molar-refractivity contribution in [2.24, 2.45) is 0 Å². The van der Waals surface area contributed by atoms with Gasteiger partial charge in [0.15, 0.2) is 11.5 Å². The third-order valence-electron chi connectivity index (χ3n) is 4.30. The molecule has 0 spiro atoms. The summed E-state index contributed by atoms with van der Waals surface area (Å²) in [5, 5.41) is 35.2. The van der Waals surface area contributed by atoms with E-state index in [0.29, 0.717) is 6.61 Å². The lowest BCUT2D eigenvalue weighted by Crippen LogP contribution is -2.52. The van der Waals surface area contributed by atoms with Gasteiger partial charge in [-0.1, -0.05) is 0 Å². The van der Waals surface area contributed by atoms with E-state index < -0.39 is 23.4 Å². The van der Waals surface area contributed by atoms with Crippen molar-refractivity contribution < 1.29 is 19.7 Å². The number of nitrogens with zero attached hydrogens (tertiary/aromatic N) is 5. The third-order valence-corrected chi connectivity index (χ3v) is 4.30. The lowest BCUT2D eigenvalue weighted by molar-refractivity contribution is -0.111. The van der Waals surface area contributed by atoms with Gasteiger partial charge >= 0.3 is 0 Å². The lowest BCUT2D eigenvalue weighted by Gasteiger charge is -2.32. The Hall–Kier alpha value is -2.32. The molecule has 1 fully saturated rings. The predicted molar refractivity (Wildman–Crippen MR) is 80.5 cm³/mol. The van der Waals surface area contributed by atoms with Crippen LogP contribution in [0.4, 0.5) is 5.82 Å². The summed E-state index contributed by atoms with van der Waals surface area (Å²) in [6, 6.07) is 1.97. The van der Waals surface area contributed by atoms with E-state index in [1.54, 1.807) is 6.92 Å². The number of aliphatic hydroxyl groups is 2. The molecule has 10 nitrogen and oxygen atoms in total. The zero-order valence-electron chi connectivity index (χ0n) is 13.2. The van der Waals surface area contributed by atoms with Gasteiger partial charge in [-0.05, 0) is 13.8 Å². The van der Waals surface area contributed by atoms with Gasteiger partial charge in [-0.2, -0.15) is 10.4 Å². The molecule has 0 aromatic carbocycles. The highest BCUT2D eigenvalue weighted by Gasteiger charge is 2.65. The van der Waals surface area contributed by atoms with Gasteiger partial charge in [0.1, 0.15) is 35.9 Å². The van der Waals surface area contributed by atoms with Crippen molar-refractivity contribution in [3.05, 3.63) is 18.2 Å². The Labute approximate surface area is 137 Å². The highest BCUT2D eigenvalue weighted by atomic mass is 16.6. The number of aliphatic hydroxyl groups excluding tert-OH is 1. The van der Waals surface area contributed by atoms with Crippen molar-refractivity contribution in [1.29, 1.82) is 5.26 Å². The summed E-state index contributed by atoms with van der Waals surface area (Å²) in [7, 11) is 0. The molecule has 0 radical (unpaired) electrons. The van der Waals surface area contributed by atoms with Gasteiger partial charge in [0, 0.05) is 6.61 Å². The normalized spacial score (nSPS) is 33.0. The highest BCUT2D eigenvalue weighted by molar-refractivity contribution is 5.59. The van der Waals surface area contributed by atoms with Crippen LogP contribution in [-0.4, -0.2) is 60.8 Å². The average Bonchev–Trinajstić information content (AvgIpc) is 3.07. The molecule has 0 aliphatic carbocycles. The zero-order chi connectivity index (χ0) is 17.5. The highest BCUT2D eigenvalue weighted by Crippen LogP contribution is 2.46. The van der Waals surface area contributed by atoms with Crippen molar-refractivity contribution in [2.75, 3.05) is 18.9 Å². The largest absolute Gasteiger partial charge is 0.387 e. The van der Waals surface area contributed by atoms with Crippen molar-refractivity contribution in [2.45, 2.75) is 37.3 Å². The number of imidazole rings is 1. The monoisotopic (exact) mass is 334 g/mol. The molecule has 0 amide bonds. The third kappa shape index (κ3) is 2.06. The molecular weight excluding hydrogens is 316 g/mol. The number of hydrogen-bond donors (Lipinski definition) is 3. The molecule has 24 heavy (non-hydrogen) atoms. The topological polar surface area (TPSA) is 152 Å². The summed E-state index contributed by atoms with van der Waals surface area (Å²) in [6.07, 6.45) is 0.308. The maximum absolute atomic E-state index is 10.9. The Morgan fingerprint density at radius 2 is 2.29 bits per heavy atom. The van der Waals surface area contributed by atoms with Crippen LogP contribution in [0.2, 0.25) is 0 Å².